The molecule has 2 rings (SSSR count). The fourth-order valence-electron chi connectivity index (χ4n) is 4.79. The molecule has 128 valence electrons. The highest BCUT2D eigenvalue weighted by atomic mass is 19.1. The van der Waals surface area contributed by atoms with E-state index in [1.165, 1.54) is 77.0 Å². The Morgan fingerprint density at radius 2 is 1.50 bits per heavy atom. The first kappa shape index (κ1) is 18.0. The summed E-state index contributed by atoms with van der Waals surface area (Å²) < 4.78 is 12.1. The number of allylic oxidation sites excluding steroid dienone is 2. The molecule has 2 aliphatic rings. The van der Waals surface area contributed by atoms with E-state index in [0.717, 1.165) is 23.7 Å². The maximum Gasteiger partial charge on any atom is 0.0928 e. The highest BCUT2D eigenvalue weighted by molar-refractivity contribution is 4.92. The summed E-state index contributed by atoms with van der Waals surface area (Å²) in [5, 5.41) is 0. The Morgan fingerprint density at radius 3 is 2.09 bits per heavy atom. The minimum Gasteiger partial charge on any atom is -0.251 e. The SMILES string of the molecule is CCCCC[C@H]1CC[C@H](C2CCC(/C=C/CCF)CC2)CC1. The Balaban J connectivity index is 1.62. The van der Waals surface area contributed by atoms with Crippen molar-refractivity contribution in [1.82, 2.24) is 0 Å². The lowest BCUT2D eigenvalue weighted by Gasteiger charge is -2.37. The standard InChI is InChI=1S/C21H37F/c1-2-3-4-7-18-9-13-20(14-10-18)21-15-11-19(12-16-21)8-5-6-17-22/h5,8,18-21H,2-4,6-7,9-17H2,1H3/b8-5+/t18-,19?,20-,21?. The van der Waals surface area contributed by atoms with Crippen molar-refractivity contribution < 1.29 is 4.39 Å². The van der Waals surface area contributed by atoms with E-state index in [9.17, 15) is 4.39 Å². The van der Waals surface area contributed by atoms with Crippen molar-refractivity contribution in [3.8, 4) is 0 Å². The summed E-state index contributed by atoms with van der Waals surface area (Å²) in [5.41, 5.74) is 0. The highest BCUT2D eigenvalue weighted by Gasteiger charge is 2.30. The average Bonchev–Trinajstić information content (AvgIpc) is 2.57. The van der Waals surface area contributed by atoms with Crippen molar-refractivity contribution in [3.05, 3.63) is 12.2 Å². The highest BCUT2D eigenvalue weighted by Crippen LogP contribution is 2.42. The van der Waals surface area contributed by atoms with E-state index in [0.29, 0.717) is 6.42 Å². The molecule has 0 N–H and O–H groups in total. The molecule has 1 heteroatoms. The van der Waals surface area contributed by atoms with Crippen molar-refractivity contribution in [2.75, 3.05) is 6.67 Å². The van der Waals surface area contributed by atoms with Crippen LogP contribution < -0.4 is 0 Å². The Bertz CT molecular complexity index is 293. The van der Waals surface area contributed by atoms with Gasteiger partial charge in [0.25, 0.3) is 0 Å². The second-order valence-corrected chi connectivity index (χ2v) is 7.86. The first-order valence-electron chi connectivity index (χ1n) is 10.1. The summed E-state index contributed by atoms with van der Waals surface area (Å²) in [6.45, 7) is 2.10. The zero-order chi connectivity index (χ0) is 15.6. The maximum absolute atomic E-state index is 12.1. The summed E-state index contributed by atoms with van der Waals surface area (Å²) in [7, 11) is 0. The maximum atomic E-state index is 12.1. The van der Waals surface area contributed by atoms with Crippen LogP contribution in [0.4, 0.5) is 4.39 Å². The second kappa shape index (κ2) is 10.4. The molecular weight excluding hydrogens is 271 g/mol. The molecule has 0 radical (unpaired) electrons. The molecular formula is C21H37F. The molecule has 0 bridgehead atoms. The molecule has 0 atom stereocenters. The lowest BCUT2D eigenvalue weighted by molar-refractivity contribution is 0.151. The van der Waals surface area contributed by atoms with E-state index in [1.807, 2.05) is 0 Å². The molecule has 0 nitrogen and oxygen atoms in total. The predicted octanol–water partition coefficient (Wildman–Crippen LogP) is 7.10. The van der Waals surface area contributed by atoms with Crippen LogP contribution in [0.1, 0.15) is 90.4 Å². The van der Waals surface area contributed by atoms with Gasteiger partial charge in [0.15, 0.2) is 0 Å². The van der Waals surface area contributed by atoms with Gasteiger partial charge in [-0.25, -0.2) is 0 Å². The van der Waals surface area contributed by atoms with Gasteiger partial charge < -0.3 is 0 Å². The van der Waals surface area contributed by atoms with Crippen LogP contribution in [0.5, 0.6) is 0 Å². The third-order valence-electron chi connectivity index (χ3n) is 6.27. The van der Waals surface area contributed by atoms with Gasteiger partial charge in [-0.3, -0.25) is 4.39 Å². The topological polar surface area (TPSA) is 0 Å². The minimum atomic E-state index is -0.201. The van der Waals surface area contributed by atoms with Gasteiger partial charge >= 0.3 is 0 Å². The van der Waals surface area contributed by atoms with Gasteiger partial charge in [-0.05, 0) is 68.6 Å². The van der Waals surface area contributed by atoms with Gasteiger partial charge in [0.1, 0.15) is 0 Å². The largest absolute Gasteiger partial charge is 0.251 e. The van der Waals surface area contributed by atoms with Crippen LogP contribution in [-0.2, 0) is 0 Å². The van der Waals surface area contributed by atoms with Crippen LogP contribution >= 0.6 is 0 Å². The van der Waals surface area contributed by atoms with E-state index in [2.05, 4.69) is 19.1 Å². The van der Waals surface area contributed by atoms with Gasteiger partial charge in [0.05, 0.1) is 6.67 Å². The second-order valence-electron chi connectivity index (χ2n) is 7.86. The molecule has 0 saturated heterocycles. The van der Waals surface area contributed by atoms with Crippen molar-refractivity contribution in [1.29, 1.82) is 0 Å². The Morgan fingerprint density at radius 1 is 0.864 bits per heavy atom. The number of halogens is 1. The first-order chi connectivity index (χ1) is 10.8. The molecule has 0 spiro atoms. The lowest BCUT2D eigenvalue weighted by atomic mass is 9.68. The van der Waals surface area contributed by atoms with Crippen molar-refractivity contribution in [2.24, 2.45) is 23.7 Å². The summed E-state index contributed by atoms with van der Waals surface area (Å²) in [4.78, 5) is 0. The lowest BCUT2D eigenvalue weighted by Crippen LogP contribution is -2.25. The summed E-state index contributed by atoms with van der Waals surface area (Å²) in [6.07, 6.45) is 22.3. The molecule has 22 heavy (non-hydrogen) atoms. The molecule has 0 aromatic carbocycles. The Hall–Kier alpha value is -0.330. The summed E-state index contributed by atoms with van der Waals surface area (Å²) >= 11 is 0. The zero-order valence-electron chi connectivity index (χ0n) is 14.7. The molecule has 0 aliphatic heterocycles. The molecule has 0 unspecified atom stereocenters. The van der Waals surface area contributed by atoms with Gasteiger partial charge in [0.2, 0.25) is 0 Å². The number of unbranched alkanes of at least 4 members (excludes halogenated alkanes) is 2. The van der Waals surface area contributed by atoms with Crippen LogP contribution in [0.25, 0.3) is 0 Å². The van der Waals surface area contributed by atoms with E-state index in [1.54, 1.807) is 0 Å². The van der Waals surface area contributed by atoms with Crippen molar-refractivity contribution >= 4 is 0 Å². The zero-order valence-corrected chi connectivity index (χ0v) is 14.7. The summed E-state index contributed by atoms with van der Waals surface area (Å²) in [6, 6.07) is 0. The van der Waals surface area contributed by atoms with E-state index in [4.69, 9.17) is 0 Å². The van der Waals surface area contributed by atoms with Crippen LogP contribution in [0.3, 0.4) is 0 Å². The minimum absolute atomic E-state index is 0.201. The fraction of sp³-hybridized carbons (Fsp3) is 0.905. The number of alkyl halides is 1. The van der Waals surface area contributed by atoms with Crippen molar-refractivity contribution in [3.63, 3.8) is 0 Å². The normalized spacial score (nSPS) is 33.4. The molecule has 2 aliphatic carbocycles. The molecule has 0 heterocycles. The third kappa shape index (κ3) is 6.05. The molecule has 0 aromatic heterocycles. The number of hydrogen-bond acceptors (Lipinski definition) is 0. The van der Waals surface area contributed by atoms with Crippen LogP contribution in [-0.4, -0.2) is 6.67 Å². The van der Waals surface area contributed by atoms with E-state index in [-0.39, 0.29) is 6.67 Å². The van der Waals surface area contributed by atoms with Crippen molar-refractivity contribution in [2.45, 2.75) is 90.4 Å². The summed E-state index contributed by atoms with van der Waals surface area (Å²) in [5.74, 6) is 3.82. The van der Waals surface area contributed by atoms with E-state index < -0.39 is 0 Å². The Labute approximate surface area is 138 Å². The quantitative estimate of drug-likeness (QED) is 0.331. The van der Waals surface area contributed by atoms with E-state index >= 15 is 0 Å². The number of hydrogen-bond donors (Lipinski definition) is 0. The monoisotopic (exact) mass is 308 g/mol. The smallest absolute Gasteiger partial charge is 0.0928 e. The predicted molar refractivity (Wildman–Crippen MR) is 94.8 cm³/mol. The van der Waals surface area contributed by atoms with Gasteiger partial charge in [-0.2, -0.15) is 0 Å². The van der Waals surface area contributed by atoms with Crippen LogP contribution in [0, 0.1) is 23.7 Å². The third-order valence-corrected chi connectivity index (χ3v) is 6.27. The molecule has 0 aromatic rings. The van der Waals surface area contributed by atoms with Crippen LogP contribution in [0.15, 0.2) is 12.2 Å². The van der Waals surface area contributed by atoms with Crippen LogP contribution in [0.2, 0.25) is 0 Å². The molecule has 2 fully saturated rings. The number of rotatable bonds is 8. The molecule has 2 saturated carbocycles. The fourth-order valence-corrected chi connectivity index (χ4v) is 4.79. The van der Waals surface area contributed by atoms with Gasteiger partial charge in [-0.15, -0.1) is 0 Å². The molecule has 0 amide bonds. The Kier molecular flexibility index (Phi) is 8.55. The average molecular weight is 309 g/mol. The first-order valence-corrected chi connectivity index (χ1v) is 10.1. The van der Waals surface area contributed by atoms with Gasteiger partial charge in [0, 0.05) is 0 Å². The van der Waals surface area contributed by atoms with Gasteiger partial charge in [-0.1, -0.05) is 57.6 Å².